The average molecular weight is 319 g/mol. The van der Waals surface area contributed by atoms with E-state index in [9.17, 15) is 0 Å². The van der Waals surface area contributed by atoms with Crippen molar-refractivity contribution < 1.29 is 0 Å². The number of benzene rings is 1. The van der Waals surface area contributed by atoms with Crippen LogP contribution in [0.3, 0.4) is 0 Å². The highest BCUT2D eigenvalue weighted by Crippen LogP contribution is 2.12. The van der Waals surface area contributed by atoms with Crippen LogP contribution >= 0.6 is 11.6 Å². The fourth-order valence-corrected chi connectivity index (χ4v) is 2.26. The Labute approximate surface area is 137 Å². The van der Waals surface area contributed by atoms with E-state index in [1.54, 1.807) is 6.20 Å². The lowest BCUT2D eigenvalue weighted by molar-refractivity contribution is 0.606. The van der Waals surface area contributed by atoms with Gasteiger partial charge in [0.2, 0.25) is 5.95 Å². The van der Waals surface area contributed by atoms with Gasteiger partial charge in [0, 0.05) is 24.3 Å². The summed E-state index contributed by atoms with van der Waals surface area (Å²) >= 11 is 5.98. The Morgan fingerprint density at radius 2 is 2.00 bits per heavy atom. The van der Waals surface area contributed by atoms with Crippen molar-refractivity contribution in [2.24, 2.45) is 5.92 Å². The van der Waals surface area contributed by atoms with E-state index in [0.29, 0.717) is 11.9 Å². The summed E-state index contributed by atoms with van der Waals surface area (Å²) in [5.41, 5.74) is 1.21. The van der Waals surface area contributed by atoms with Crippen LogP contribution in [-0.2, 0) is 6.42 Å². The van der Waals surface area contributed by atoms with Crippen molar-refractivity contribution in [2.45, 2.75) is 26.7 Å². The highest BCUT2D eigenvalue weighted by Gasteiger charge is 2.00. The minimum Gasteiger partial charge on any atom is -0.370 e. The molecule has 0 fully saturated rings. The molecule has 0 aliphatic heterocycles. The number of anilines is 2. The smallest absolute Gasteiger partial charge is 0.224 e. The minimum atomic E-state index is 0.673. The topological polar surface area (TPSA) is 49.8 Å². The molecule has 2 rings (SSSR count). The molecule has 1 aromatic carbocycles. The van der Waals surface area contributed by atoms with Crippen LogP contribution in [0.25, 0.3) is 0 Å². The zero-order valence-corrected chi connectivity index (χ0v) is 13.9. The molecule has 118 valence electrons. The number of hydrogen-bond donors (Lipinski definition) is 2. The van der Waals surface area contributed by atoms with Crippen molar-refractivity contribution in [3.05, 3.63) is 47.1 Å². The summed E-state index contributed by atoms with van der Waals surface area (Å²) in [7, 11) is 0. The van der Waals surface area contributed by atoms with Gasteiger partial charge in [-0.3, -0.25) is 0 Å². The molecule has 0 radical (unpaired) electrons. The molecule has 0 aliphatic carbocycles. The number of rotatable bonds is 8. The van der Waals surface area contributed by atoms with Crippen LogP contribution in [0.4, 0.5) is 11.8 Å². The van der Waals surface area contributed by atoms with Gasteiger partial charge in [0.25, 0.3) is 0 Å². The van der Waals surface area contributed by atoms with Crippen molar-refractivity contribution in [3.8, 4) is 0 Å². The molecule has 1 heterocycles. The summed E-state index contributed by atoms with van der Waals surface area (Å²) in [5.74, 6) is 2.18. The first kappa shape index (κ1) is 16.6. The quantitative estimate of drug-likeness (QED) is 0.764. The Morgan fingerprint density at radius 3 is 2.77 bits per heavy atom. The summed E-state index contributed by atoms with van der Waals surface area (Å²) < 4.78 is 0. The third kappa shape index (κ3) is 5.90. The first-order chi connectivity index (χ1) is 10.6. The first-order valence-electron chi connectivity index (χ1n) is 7.68. The van der Waals surface area contributed by atoms with Gasteiger partial charge in [-0.2, -0.15) is 4.98 Å². The molecule has 0 bridgehead atoms. The average Bonchev–Trinajstić information content (AvgIpc) is 2.47. The zero-order valence-electron chi connectivity index (χ0n) is 13.1. The standard InChI is InChI=1S/C17H23ClN4/c1-13(2)6-9-20-17-21-11-8-16(22-17)19-10-7-14-4-3-5-15(18)12-14/h3-5,8,11-13H,6-7,9-10H2,1-2H3,(H2,19,20,21,22). The predicted molar refractivity (Wildman–Crippen MR) is 93.6 cm³/mol. The normalized spacial score (nSPS) is 10.7. The molecule has 0 aliphatic rings. The van der Waals surface area contributed by atoms with Crippen LogP contribution in [0.5, 0.6) is 0 Å². The van der Waals surface area contributed by atoms with Crippen molar-refractivity contribution in [2.75, 3.05) is 23.7 Å². The van der Waals surface area contributed by atoms with Gasteiger partial charge in [-0.15, -0.1) is 0 Å². The lowest BCUT2D eigenvalue weighted by atomic mass is 10.1. The van der Waals surface area contributed by atoms with Crippen molar-refractivity contribution in [1.29, 1.82) is 0 Å². The Bertz CT molecular complexity index is 586. The molecule has 2 N–H and O–H groups in total. The largest absolute Gasteiger partial charge is 0.370 e. The number of aromatic nitrogens is 2. The summed E-state index contributed by atoms with van der Waals surface area (Å²) in [6.07, 6.45) is 3.78. The maximum absolute atomic E-state index is 5.98. The molecule has 0 atom stereocenters. The second-order valence-electron chi connectivity index (χ2n) is 5.68. The Kier molecular flexibility index (Phi) is 6.46. The van der Waals surface area contributed by atoms with Crippen LogP contribution in [0, 0.1) is 5.92 Å². The lowest BCUT2D eigenvalue weighted by Crippen LogP contribution is -2.10. The van der Waals surface area contributed by atoms with Gasteiger partial charge in [-0.1, -0.05) is 37.6 Å². The molecule has 22 heavy (non-hydrogen) atoms. The van der Waals surface area contributed by atoms with E-state index < -0.39 is 0 Å². The first-order valence-corrected chi connectivity index (χ1v) is 8.06. The summed E-state index contributed by atoms with van der Waals surface area (Å²) in [4.78, 5) is 8.69. The summed E-state index contributed by atoms with van der Waals surface area (Å²) in [6.45, 7) is 6.11. The predicted octanol–water partition coefficient (Wildman–Crippen LogP) is 4.24. The molecule has 5 heteroatoms. The van der Waals surface area contributed by atoms with E-state index in [1.807, 2.05) is 24.3 Å². The number of nitrogens with zero attached hydrogens (tertiary/aromatic N) is 2. The maximum atomic E-state index is 5.98. The van der Waals surface area contributed by atoms with Gasteiger partial charge < -0.3 is 10.6 Å². The summed E-state index contributed by atoms with van der Waals surface area (Å²) in [6, 6.07) is 9.80. The summed E-state index contributed by atoms with van der Waals surface area (Å²) in [5, 5.41) is 7.34. The highest BCUT2D eigenvalue weighted by molar-refractivity contribution is 6.30. The van der Waals surface area contributed by atoms with Crippen LogP contribution in [0.2, 0.25) is 5.02 Å². The Hall–Kier alpha value is -1.81. The van der Waals surface area contributed by atoms with Crippen molar-refractivity contribution in [3.63, 3.8) is 0 Å². The van der Waals surface area contributed by atoms with Gasteiger partial charge >= 0.3 is 0 Å². The van der Waals surface area contributed by atoms with Crippen molar-refractivity contribution in [1.82, 2.24) is 9.97 Å². The molecular weight excluding hydrogens is 296 g/mol. The van der Waals surface area contributed by atoms with Gasteiger partial charge in [0.15, 0.2) is 0 Å². The van der Waals surface area contributed by atoms with Crippen molar-refractivity contribution >= 4 is 23.4 Å². The minimum absolute atomic E-state index is 0.673. The lowest BCUT2D eigenvalue weighted by Gasteiger charge is -2.09. The van der Waals surface area contributed by atoms with Gasteiger partial charge in [0.1, 0.15) is 5.82 Å². The SMILES string of the molecule is CC(C)CCNc1nccc(NCCc2cccc(Cl)c2)n1. The van der Waals surface area contributed by atoms with E-state index in [4.69, 9.17) is 11.6 Å². The highest BCUT2D eigenvalue weighted by atomic mass is 35.5. The molecule has 0 amide bonds. The number of nitrogens with one attached hydrogen (secondary N) is 2. The molecule has 4 nitrogen and oxygen atoms in total. The third-order valence-electron chi connectivity index (χ3n) is 3.27. The molecule has 0 saturated heterocycles. The van der Waals surface area contributed by atoms with Crippen LogP contribution in [0.15, 0.2) is 36.5 Å². The van der Waals surface area contributed by atoms with Crippen LogP contribution in [-0.4, -0.2) is 23.1 Å². The number of halogens is 1. The molecule has 1 aromatic heterocycles. The van der Waals surface area contributed by atoms with E-state index in [1.165, 1.54) is 5.56 Å². The second kappa shape index (κ2) is 8.59. The van der Waals surface area contributed by atoms with E-state index in [0.717, 1.165) is 36.8 Å². The Morgan fingerprint density at radius 1 is 1.14 bits per heavy atom. The fourth-order valence-electron chi connectivity index (χ4n) is 2.04. The van der Waals surface area contributed by atoms with E-state index >= 15 is 0 Å². The zero-order chi connectivity index (χ0) is 15.8. The Balaban J connectivity index is 1.80. The monoisotopic (exact) mass is 318 g/mol. The van der Waals surface area contributed by atoms with E-state index in [-0.39, 0.29) is 0 Å². The molecule has 0 saturated carbocycles. The molecule has 0 spiro atoms. The van der Waals surface area contributed by atoms with Gasteiger partial charge in [-0.25, -0.2) is 4.98 Å². The molecule has 0 unspecified atom stereocenters. The number of hydrogen-bond acceptors (Lipinski definition) is 4. The third-order valence-corrected chi connectivity index (χ3v) is 3.50. The van der Waals surface area contributed by atoms with Gasteiger partial charge in [0.05, 0.1) is 0 Å². The molecular formula is C17H23ClN4. The fraction of sp³-hybridized carbons (Fsp3) is 0.412. The van der Waals surface area contributed by atoms with Gasteiger partial charge in [-0.05, 0) is 42.5 Å². The van der Waals surface area contributed by atoms with E-state index in [2.05, 4.69) is 40.5 Å². The van der Waals surface area contributed by atoms with Crippen LogP contribution in [0.1, 0.15) is 25.8 Å². The maximum Gasteiger partial charge on any atom is 0.224 e. The van der Waals surface area contributed by atoms with Crippen LogP contribution < -0.4 is 10.6 Å². The molecule has 2 aromatic rings. The second-order valence-corrected chi connectivity index (χ2v) is 6.12.